The van der Waals surface area contributed by atoms with E-state index in [9.17, 15) is 0 Å². The molecule has 0 aliphatic carbocycles. The van der Waals surface area contributed by atoms with E-state index in [1.54, 1.807) is 0 Å². The molecule has 3 nitrogen and oxygen atoms in total. The van der Waals surface area contributed by atoms with Gasteiger partial charge < -0.3 is 15.2 Å². The minimum atomic E-state index is 0.259. The summed E-state index contributed by atoms with van der Waals surface area (Å²) in [5.74, 6) is 0.965. The highest BCUT2D eigenvalue weighted by atomic mass is 79.9. The van der Waals surface area contributed by atoms with Gasteiger partial charge in [-0.3, -0.25) is 0 Å². The topological polar surface area (TPSA) is 46.1 Å². The molecule has 1 rings (SSSR count). The van der Waals surface area contributed by atoms with Crippen molar-refractivity contribution in [2.75, 3.05) is 26.3 Å². The quantitative estimate of drug-likeness (QED) is 0.715. The van der Waals surface area contributed by atoms with E-state index in [0.29, 0.717) is 0 Å². The highest BCUT2D eigenvalue weighted by Crippen LogP contribution is 2.22. The molecule has 17 heavy (non-hydrogen) atoms. The van der Waals surface area contributed by atoms with Gasteiger partial charge >= 0.3 is 0 Å². The van der Waals surface area contributed by atoms with Crippen molar-refractivity contribution in [1.29, 1.82) is 0 Å². The van der Waals surface area contributed by atoms with Crippen molar-refractivity contribution < 1.29 is 15.2 Å². The zero-order chi connectivity index (χ0) is 12.5. The maximum absolute atomic E-state index is 8.61. The number of unbranched alkanes of at least 4 members (excludes halogenated alkanes) is 1. The smallest absolute Gasteiger partial charge is 0.122 e. The molecule has 0 fully saturated rings. The first-order chi connectivity index (χ1) is 8.24. The molecule has 3 N–H and O–H groups in total. The SMILES string of the molecule is Cc1cc(Br)ccc1OCCCC[NH2+]CCO. The summed E-state index contributed by atoms with van der Waals surface area (Å²) in [6.07, 6.45) is 2.17. The van der Waals surface area contributed by atoms with Crippen molar-refractivity contribution in [2.24, 2.45) is 0 Å². The van der Waals surface area contributed by atoms with Crippen LogP contribution < -0.4 is 10.1 Å². The van der Waals surface area contributed by atoms with Crippen LogP contribution in [0.5, 0.6) is 5.75 Å². The number of hydrogen-bond donors (Lipinski definition) is 2. The van der Waals surface area contributed by atoms with Crippen LogP contribution >= 0.6 is 15.9 Å². The first-order valence-electron chi connectivity index (χ1n) is 6.05. The maximum atomic E-state index is 8.61. The third kappa shape index (κ3) is 6.05. The fourth-order valence-electron chi connectivity index (χ4n) is 1.58. The van der Waals surface area contributed by atoms with Gasteiger partial charge in [0.2, 0.25) is 0 Å². The van der Waals surface area contributed by atoms with E-state index in [1.807, 2.05) is 12.1 Å². The number of nitrogens with two attached hydrogens (primary N) is 1. The third-order valence-electron chi connectivity index (χ3n) is 2.53. The molecule has 96 valence electrons. The number of halogens is 1. The fraction of sp³-hybridized carbons (Fsp3) is 0.538. The summed E-state index contributed by atoms with van der Waals surface area (Å²) >= 11 is 3.43. The summed E-state index contributed by atoms with van der Waals surface area (Å²) in [6, 6.07) is 6.05. The number of aliphatic hydroxyl groups is 1. The Morgan fingerprint density at radius 3 is 2.82 bits per heavy atom. The van der Waals surface area contributed by atoms with E-state index >= 15 is 0 Å². The zero-order valence-electron chi connectivity index (χ0n) is 10.3. The molecule has 1 aromatic carbocycles. The molecule has 1 aromatic rings. The highest BCUT2D eigenvalue weighted by molar-refractivity contribution is 9.10. The van der Waals surface area contributed by atoms with Gasteiger partial charge in [0, 0.05) is 4.47 Å². The van der Waals surface area contributed by atoms with Crippen LogP contribution in [0.4, 0.5) is 0 Å². The molecule has 0 spiro atoms. The average molecular weight is 303 g/mol. The molecule has 4 heteroatoms. The molecule has 0 aliphatic heterocycles. The Labute approximate surface area is 111 Å². The lowest BCUT2D eigenvalue weighted by molar-refractivity contribution is -0.656. The number of aryl methyl sites for hydroxylation is 1. The second-order valence-electron chi connectivity index (χ2n) is 4.06. The molecule has 0 saturated heterocycles. The third-order valence-corrected chi connectivity index (χ3v) is 3.02. The molecule has 0 atom stereocenters. The summed E-state index contributed by atoms with van der Waals surface area (Å²) < 4.78 is 6.80. The van der Waals surface area contributed by atoms with E-state index in [4.69, 9.17) is 9.84 Å². The van der Waals surface area contributed by atoms with E-state index in [1.165, 1.54) is 0 Å². The largest absolute Gasteiger partial charge is 0.493 e. The minimum absolute atomic E-state index is 0.259. The highest BCUT2D eigenvalue weighted by Gasteiger charge is 2.00. The molecular formula is C13H21BrNO2+. The van der Waals surface area contributed by atoms with Crippen molar-refractivity contribution in [2.45, 2.75) is 19.8 Å². The van der Waals surface area contributed by atoms with Gasteiger partial charge in [-0.05, 0) is 43.5 Å². The number of hydrogen-bond acceptors (Lipinski definition) is 2. The standard InChI is InChI=1S/C13H20BrNO2/c1-11-10-12(14)4-5-13(11)17-9-3-2-6-15-7-8-16/h4-5,10,15-16H,2-3,6-9H2,1H3/p+1. The van der Waals surface area contributed by atoms with Gasteiger partial charge in [-0.2, -0.15) is 0 Å². The Kier molecular flexibility index (Phi) is 7.24. The Hall–Kier alpha value is -0.580. The van der Waals surface area contributed by atoms with Crippen molar-refractivity contribution in [3.63, 3.8) is 0 Å². The number of aliphatic hydroxyl groups excluding tert-OH is 1. The summed E-state index contributed by atoms with van der Waals surface area (Å²) in [6.45, 7) is 4.93. The normalized spacial score (nSPS) is 10.5. The van der Waals surface area contributed by atoms with E-state index in [2.05, 4.69) is 34.2 Å². The van der Waals surface area contributed by atoms with Crippen molar-refractivity contribution in [3.05, 3.63) is 28.2 Å². The second-order valence-corrected chi connectivity index (χ2v) is 4.97. The van der Waals surface area contributed by atoms with Gasteiger partial charge in [0.25, 0.3) is 0 Å². The van der Waals surface area contributed by atoms with Crippen LogP contribution in [0.15, 0.2) is 22.7 Å². The van der Waals surface area contributed by atoms with Gasteiger partial charge in [-0.1, -0.05) is 15.9 Å². The lowest BCUT2D eigenvalue weighted by Crippen LogP contribution is -2.85. The maximum Gasteiger partial charge on any atom is 0.122 e. The molecule has 0 aromatic heterocycles. The Bertz CT molecular complexity index is 331. The zero-order valence-corrected chi connectivity index (χ0v) is 11.9. The Morgan fingerprint density at radius 2 is 2.12 bits per heavy atom. The molecule has 0 aliphatic rings. The van der Waals surface area contributed by atoms with Crippen LogP contribution in [0.3, 0.4) is 0 Å². The van der Waals surface area contributed by atoms with Gasteiger partial charge in [-0.25, -0.2) is 0 Å². The Balaban J connectivity index is 2.14. The monoisotopic (exact) mass is 302 g/mol. The number of rotatable bonds is 8. The van der Waals surface area contributed by atoms with E-state index in [0.717, 1.165) is 48.3 Å². The summed E-state index contributed by atoms with van der Waals surface area (Å²) in [7, 11) is 0. The summed E-state index contributed by atoms with van der Waals surface area (Å²) in [5, 5.41) is 10.7. The summed E-state index contributed by atoms with van der Waals surface area (Å²) in [5.41, 5.74) is 1.16. The van der Waals surface area contributed by atoms with Crippen LogP contribution in [-0.4, -0.2) is 31.4 Å². The Morgan fingerprint density at radius 1 is 1.29 bits per heavy atom. The lowest BCUT2D eigenvalue weighted by atomic mass is 10.2. The van der Waals surface area contributed by atoms with Gasteiger partial charge in [0.15, 0.2) is 0 Å². The number of quaternary nitrogens is 1. The molecule has 0 saturated carbocycles. The van der Waals surface area contributed by atoms with Crippen molar-refractivity contribution in [1.82, 2.24) is 0 Å². The summed E-state index contributed by atoms with van der Waals surface area (Å²) in [4.78, 5) is 0. The van der Waals surface area contributed by atoms with Crippen LogP contribution in [0.2, 0.25) is 0 Å². The van der Waals surface area contributed by atoms with Crippen LogP contribution in [0.25, 0.3) is 0 Å². The first kappa shape index (κ1) is 14.5. The fourth-order valence-corrected chi connectivity index (χ4v) is 2.06. The van der Waals surface area contributed by atoms with Crippen LogP contribution in [-0.2, 0) is 0 Å². The van der Waals surface area contributed by atoms with Gasteiger partial charge in [0.05, 0.1) is 26.3 Å². The average Bonchev–Trinajstić information content (AvgIpc) is 2.30. The number of benzene rings is 1. The molecule has 0 heterocycles. The predicted octanol–water partition coefficient (Wildman–Crippen LogP) is 1.47. The van der Waals surface area contributed by atoms with E-state index < -0.39 is 0 Å². The molecule has 0 unspecified atom stereocenters. The number of ether oxygens (including phenoxy) is 1. The minimum Gasteiger partial charge on any atom is -0.493 e. The lowest BCUT2D eigenvalue weighted by Gasteiger charge is -2.09. The predicted molar refractivity (Wildman–Crippen MR) is 72.4 cm³/mol. The second kappa shape index (κ2) is 8.50. The molecular weight excluding hydrogens is 282 g/mol. The van der Waals surface area contributed by atoms with Crippen LogP contribution in [0, 0.1) is 6.92 Å². The van der Waals surface area contributed by atoms with Gasteiger partial charge in [-0.15, -0.1) is 0 Å². The first-order valence-corrected chi connectivity index (χ1v) is 6.85. The van der Waals surface area contributed by atoms with Crippen molar-refractivity contribution in [3.8, 4) is 5.75 Å². The van der Waals surface area contributed by atoms with Gasteiger partial charge in [0.1, 0.15) is 5.75 Å². The molecule has 0 radical (unpaired) electrons. The molecule has 0 bridgehead atoms. The van der Waals surface area contributed by atoms with Crippen molar-refractivity contribution >= 4 is 15.9 Å². The van der Waals surface area contributed by atoms with Crippen LogP contribution in [0.1, 0.15) is 18.4 Å². The molecule has 0 amide bonds. The van der Waals surface area contributed by atoms with E-state index in [-0.39, 0.29) is 6.61 Å².